The Balaban J connectivity index is 1.58. The topological polar surface area (TPSA) is 62.1 Å². The average Bonchev–Trinajstić information content (AvgIpc) is 3.15. The Kier molecular flexibility index (Phi) is 6.06. The molecule has 2 aliphatic heterocycles. The summed E-state index contributed by atoms with van der Waals surface area (Å²) in [5.74, 6) is 1.32. The van der Waals surface area contributed by atoms with E-state index in [1.807, 2.05) is 11.8 Å². The molecule has 0 aliphatic carbocycles. The lowest BCUT2D eigenvalue weighted by molar-refractivity contribution is -0.918. The molecule has 0 unspecified atom stereocenters. The molecule has 2 fully saturated rings. The number of quaternary nitrogens is 1. The fraction of sp³-hybridized carbons (Fsp3) is 0.722. The zero-order valence-corrected chi connectivity index (χ0v) is 17.5. The number of carbonyl (C=O) groups is 1. The van der Waals surface area contributed by atoms with Crippen molar-refractivity contribution in [2.75, 3.05) is 39.3 Å². The highest BCUT2D eigenvalue weighted by Gasteiger charge is 2.37. The number of likely N-dealkylation sites (tertiary alicyclic amines) is 1. The van der Waals surface area contributed by atoms with E-state index in [4.69, 9.17) is 0 Å². The van der Waals surface area contributed by atoms with Gasteiger partial charge in [-0.1, -0.05) is 19.9 Å². The van der Waals surface area contributed by atoms with E-state index in [-0.39, 0.29) is 11.9 Å². The monoisotopic (exact) mass is 400 g/mol. The van der Waals surface area contributed by atoms with Crippen molar-refractivity contribution >= 4 is 27.3 Å². The lowest BCUT2D eigenvalue weighted by Crippen LogP contribution is -3.19. The van der Waals surface area contributed by atoms with Gasteiger partial charge >= 0.3 is 0 Å². The molecule has 6 nitrogen and oxygen atoms in total. The largest absolute Gasteiger partial charge is 0.337 e. The van der Waals surface area contributed by atoms with Crippen molar-refractivity contribution in [1.29, 1.82) is 0 Å². The summed E-state index contributed by atoms with van der Waals surface area (Å²) in [6, 6.07) is 3.31. The van der Waals surface area contributed by atoms with Crippen LogP contribution in [0.1, 0.15) is 27.2 Å². The zero-order chi connectivity index (χ0) is 18.9. The Morgan fingerprint density at radius 3 is 2.38 bits per heavy atom. The fourth-order valence-corrected chi connectivity index (χ4v) is 6.86. The third kappa shape index (κ3) is 4.13. The second-order valence-electron chi connectivity index (χ2n) is 7.91. The van der Waals surface area contributed by atoms with E-state index >= 15 is 0 Å². The van der Waals surface area contributed by atoms with E-state index < -0.39 is 10.0 Å². The fourth-order valence-electron chi connectivity index (χ4n) is 4.28. The summed E-state index contributed by atoms with van der Waals surface area (Å²) in [5.41, 5.74) is 0. The maximum Gasteiger partial charge on any atom is 0.280 e. The van der Waals surface area contributed by atoms with Crippen molar-refractivity contribution in [2.45, 2.75) is 37.4 Å². The van der Waals surface area contributed by atoms with Gasteiger partial charge in [0.25, 0.3) is 15.9 Å². The Morgan fingerprint density at radius 2 is 1.85 bits per heavy atom. The highest BCUT2D eigenvalue weighted by atomic mass is 32.2. The molecule has 1 amide bonds. The molecule has 0 saturated carbocycles. The lowest BCUT2D eigenvalue weighted by atomic mass is 9.91. The van der Waals surface area contributed by atoms with Crippen molar-refractivity contribution in [3.63, 3.8) is 0 Å². The summed E-state index contributed by atoms with van der Waals surface area (Å²) in [6.45, 7) is 10.4. The summed E-state index contributed by atoms with van der Waals surface area (Å²) in [6.07, 6.45) is 1.18. The van der Waals surface area contributed by atoms with Gasteiger partial charge in [-0.15, -0.1) is 11.3 Å². The van der Waals surface area contributed by atoms with E-state index in [0.717, 1.165) is 13.1 Å². The van der Waals surface area contributed by atoms with Gasteiger partial charge in [-0.25, -0.2) is 8.42 Å². The Labute approximate surface area is 160 Å². The van der Waals surface area contributed by atoms with Crippen LogP contribution in [0.5, 0.6) is 0 Å². The molecule has 3 rings (SSSR count). The lowest BCUT2D eigenvalue weighted by Gasteiger charge is -2.39. The first-order chi connectivity index (χ1) is 12.3. The highest BCUT2D eigenvalue weighted by Crippen LogP contribution is 2.22. The third-order valence-electron chi connectivity index (χ3n) is 5.62. The molecule has 1 N–H and O–H groups in total. The molecular formula is C18H30N3O3S2+. The molecule has 2 aliphatic rings. The molecule has 26 heavy (non-hydrogen) atoms. The number of thiophene rings is 1. The van der Waals surface area contributed by atoms with Crippen LogP contribution in [0.2, 0.25) is 0 Å². The van der Waals surface area contributed by atoms with Crippen LogP contribution >= 0.6 is 11.3 Å². The minimum Gasteiger partial charge on any atom is -0.337 e. The first kappa shape index (κ1) is 19.8. The summed E-state index contributed by atoms with van der Waals surface area (Å²) in [5, 5.41) is 1.79. The van der Waals surface area contributed by atoms with Crippen LogP contribution in [0.4, 0.5) is 0 Å². The molecule has 0 aromatic carbocycles. The molecule has 0 bridgehead atoms. The summed E-state index contributed by atoms with van der Waals surface area (Å²) >= 11 is 1.26. The standard InChI is InChI=1S/C18H29N3O3S2/c1-14-11-15(2)13-20(12-14)18(22)16(3)19-6-8-21(9-7-19)26(23,24)17-5-4-10-25-17/h4-5,10,14-16H,6-9,11-13H2,1-3H3/p+1/t14-,15-,16-/m1/s1. The van der Waals surface area contributed by atoms with Crippen LogP contribution in [0.25, 0.3) is 0 Å². The molecule has 1 aromatic heterocycles. The minimum atomic E-state index is -3.38. The van der Waals surface area contributed by atoms with Crippen molar-refractivity contribution in [2.24, 2.45) is 11.8 Å². The molecule has 0 spiro atoms. The van der Waals surface area contributed by atoms with Crippen molar-refractivity contribution in [3.8, 4) is 0 Å². The number of piperidine rings is 1. The number of hydrogen-bond donors (Lipinski definition) is 1. The highest BCUT2D eigenvalue weighted by molar-refractivity contribution is 7.91. The van der Waals surface area contributed by atoms with Crippen molar-refractivity contribution < 1.29 is 18.1 Å². The zero-order valence-electron chi connectivity index (χ0n) is 15.8. The van der Waals surface area contributed by atoms with Crippen LogP contribution in [0.15, 0.2) is 21.7 Å². The van der Waals surface area contributed by atoms with Crippen molar-refractivity contribution in [3.05, 3.63) is 17.5 Å². The number of sulfonamides is 1. The Hall–Kier alpha value is -0.960. The summed E-state index contributed by atoms with van der Waals surface area (Å²) < 4.78 is 27.2. The molecule has 146 valence electrons. The SMILES string of the molecule is C[C@@H]1C[C@@H](C)CN(C(=O)[C@@H](C)[NH+]2CCN(S(=O)(=O)c3cccs3)CC2)C1. The molecule has 1 aromatic rings. The summed E-state index contributed by atoms with van der Waals surface area (Å²) in [4.78, 5) is 16.1. The van der Waals surface area contributed by atoms with E-state index in [1.54, 1.807) is 21.8 Å². The van der Waals surface area contributed by atoms with Crippen molar-refractivity contribution in [1.82, 2.24) is 9.21 Å². The molecule has 3 atom stereocenters. The van der Waals surface area contributed by atoms with Gasteiger partial charge in [-0.2, -0.15) is 4.31 Å². The van der Waals surface area contributed by atoms with E-state index in [2.05, 4.69) is 13.8 Å². The molecule has 3 heterocycles. The maximum absolute atomic E-state index is 12.9. The number of hydrogen-bond acceptors (Lipinski definition) is 4. The average molecular weight is 401 g/mol. The third-order valence-corrected chi connectivity index (χ3v) is 8.89. The van der Waals surface area contributed by atoms with E-state index in [1.165, 1.54) is 22.7 Å². The predicted molar refractivity (Wildman–Crippen MR) is 103 cm³/mol. The number of nitrogens with zero attached hydrogens (tertiary/aromatic N) is 2. The number of amides is 1. The van der Waals surface area contributed by atoms with E-state index in [9.17, 15) is 13.2 Å². The second kappa shape index (κ2) is 7.96. The first-order valence-electron chi connectivity index (χ1n) is 9.46. The van der Waals surface area contributed by atoms with Gasteiger partial charge in [0.05, 0.1) is 26.2 Å². The van der Waals surface area contributed by atoms with E-state index in [0.29, 0.717) is 42.2 Å². The smallest absolute Gasteiger partial charge is 0.280 e. The van der Waals surface area contributed by atoms with Gasteiger partial charge in [0.15, 0.2) is 6.04 Å². The maximum atomic E-state index is 12.9. The quantitative estimate of drug-likeness (QED) is 0.802. The minimum absolute atomic E-state index is 0.112. The molecular weight excluding hydrogens is 370 g/mol. The molecule has 2 saturated heterocycles. The normalized spacial score (nSPS) is 27.4. The van der Waals surface area contributed by atoms with Gasteiger partial charge in [-0.05, 0) is 36.6 Å². The van der Waals surface area contributed by atoms with Gasteiger partial charge in [-0.3, -0.25) is 4.79 Å². The van der Waals surface area contributed by atoms with Crippen LogP contribution in [0.3, 0.4) is 0 Å². The molecule has 0 radical (unpaired) electrons. The van der Waals surface area contributed by atoms with Crippen LogP contribution < -0.4 is 4.90 Å². The summed E-state index contributed by atoms with van der Waals surface area (Å²) in [7, 11) is -3.38. The van der Waals surface area contributed by atoms with Gasteiger partial charge in [0.2, 0.25) is 0 Å². The van der Waals surface area contributed by atoms with Gasteiger partial charge < -0.3 is 9.80 Å². The van der Waals surface area contributed by atoms with Gasteiger partial charge in [0, 0.05) is 13.1 Å². The van der Waals surface area contributed by atoms with Crippen LogP contribution in [0, 0.1) is 11.8 Å². The second-order valence-corrected chi connectivity index (χ2v) is 11.0. The number of nitrogens with one attached hydrogen (secondary N) is 1. The Bertz CT molecular complexity index is 702. The number of piperazine rings is 1. The molecule has 8 heteroatoms. The Morgan fingerprint density at radius 1 is 1.23 bits per heavy atom. The number of carbonyl (C=O) groups excluding carboxylic acids is 1. The predicted octanol–water partition coefficient (Wildman–Crippen LogP) is 0.530. The van der Waals surface area contributed by atoms with Gasteiger partial charge in [0.1, 0.15) is 4.21 Å². The first-order valence-corrected chi connectivity index (χ1v) is 11.8. The van der Waals surface area contributed by atoms with Crippen LogP contribution in [-0.4, -0.2) is 68.8 Å². The number of rotatable bonds is 4. The van der Waals surface area contributed by atoms with Crippen LogP contribution in [-0.2, 0) is 14.8 Å².